The summed E-state index contributed by atoms with van der Waals surface area (Å²) >= 11 is 1.01. The van der Waals surface area contributed by atoms with Gasteiger partial charge in [0.1, 0.15) is 6.04 Å². The molecular weight excluding hydrogens is 466 g/mol. The van der Waals surface area contributed by atoms with E-state index in [4.69, 9.17) is 4.74 Å². The molecule has 3 atom stereocenters. The van der Waals surface area contributed by atoms with Crippen molar-refractivity contribution in [3.8, 4) is 0 Å². The Morgan fingerprint density at radius 3 is 2.47 bits per heavy atom. The molecule has 2 aliphatic rings. The number of likely N-dealkylation sites (tertiary alicyclic amines) is 1. The average Bonchev–Trinajstić information content (AvgIpc) is 3.31. The normalized spacial score (nSPS) is 20.3. The Balaban J connectivity index is 1.74. The Morgan fingerprint density at radius 2 is 1.79 bits per heavy atom. The summed E-state index contributed by atoms with van der Waals surface area (Å²) in [5.41, 5.74) is 0. The third-order valence-corrected chi connectivity index (χ3v) is 7.43. The van der Waals surface area contributed by atoms with E-state index in [1.807, 2.05) is 0 Å². The van der Waals surface area contributed by atoms with Crippen molar-refractivity contribution in [2.75, 3.05) is 25.5 Å². The second kappa shape index (κ2) is 14.1. The van der Waals surface area contributed by atoms with Crippen molar-refractivity contribution in [1.82, 2.24) is 10.2 Å². The zero-order valence-corrected chi connectivity index (χ0v) is 20.7. The van der Waals surface area contributed by atoms with E-state index in [0.717, 1.165) is 43.9 Å². The van der Waals surface area contributed by atoms with E-state index in [0.29, 0.717) is 19.4 Å². The maximum Gasteiger partial charge on any atom is 0.328 e. The third kappa shape index (κ3) is 8.77. The van der Waals surface area contributed by atoms with Crippen molar-refractivity contribution in [3.05, 3.63) is 10.1 Å². The summed E-state index contributed by atoms with van der Waals surface area (Å²) in [6.07, 6.45) is 6.27. The van der Waals surface area contributed by atoms with Gasteiger partial charge in [0.15, 0.2) is 0 Å². The van der Waals surface area contributed by atoms with Gasteiger partial charge in [0.2, 0.25) is 16.9 Å². The molecule has 2 rings (SSSR count). The summed E-state index contributed by atoms with van der Waals surface area (Å²) < 4.78 is 5.15. The standard InChI is InChI=1S/C22H35N3O8S/c1-15(14-34-22(29)16(2)23-19(26)17-8-4-3-5-9-17)20(27)24-11-6-10-18(24)21(28)32-12-7-13-33-25(30)31/h15-18H,3-14H2,1-2H3,(H,23,26). The molecule has 1 saturated heterocycles. The minimum absolute atomic E-state index is 0.0260. The molecule has 0 aromatic carbocycles. The van der Waals surface area contributed by atoms with Crippen LogP contribution in [0.1, 0.15) is 65.2 Å². The van der Waals surface area contributed by atoms with Gasteiger partial charge in [0.05, 0.1) is 19.3 Å². The maximum absolute atomic E-state index is 12.9. The van der Waals surface area contributed by atoms with Gasteiger partial charge < -0.3 is 19.8 Å². The zero-order valence-electron chi connectivity index (χ0n) is 19.9. The minimum atomic E-state index is -0.908. The van der Waals surface area contributed by atoms with Crippen LogP contribution in [0.2, 0.25) is 0 Å². The molecule has 192 valence electrons. The highest BCUT2D eigenvalue weighted by atomic mass is 32.2. The number of rotatable bonds is 12. The van der Waals surface area contributed by atoms with E-state index < -0.39 is 29.1 Å². The molecule has 0 aromatic heterocycles. The molecule has 0 bridgehead atoms. The number of nitrogens with one attached hydrogen (secondary N) is 1. The Kier molecular flexibility index (Phi) is 11.6. The topological polar surface area (TPSA) is 145 Å². The molecule has 3 unspecified atom stereocenters. The highest BCUT2D eigenvalue weighted by Gasteiger charge is 2.37. The van der Waals surface area contributed by atoms with Crippen molar-refractivity contribution in [2.45, 2.75) is 77.3 Å². The lowest BCUT2D eigenvalue weighted by molar-refractivity contribution is -0.757. The number of hydrogen-bond acceptors (Lipinski definition) is 9. The number of esters is 1. The Bertz CT molecular complexity index is 744. The van der Waals surface area contributed by atoms with Crippen LogP contribution in [-0.2, 0) is 28.8 Å². The van der Waals surface area contributed by atoms with Gasteiger partial charge in [-0.15, -0.1) is 10.1 Å². The van der Waals surface area contributed by atoms with Gasteiger partial charge in [-0.3, -0.25) is 14.4 Å². The van der Waals surface area contributed by atoms with Crippen molar-refractivity contribution in [1.29, 1.82) is 0 Å². The predicted octanol–water partition coefficient (Wildman–Crippen LogP) is 2.10. The number of carbonyl (C=O) groups excluding carboxylic acids is 4. The van der Waals surface area contributed by atoms with Crippen molar-refractivity contribution >= 4 is 34.7 Å². The predicted molar refractivity (Wildman–Crippen MR) is 124 cm³/mol. The summed E-state index contributed by atoms with van der Waals surface area (Å²) in [7, 11) is 0. The summed E-state index contributed by atoms with van der Waals surface area (Å²) in [6.45, 7) is 3.60. The van der Waals surface area contributed by atoms with Crippen LogP contribution in [0.5, 0.6) is 0 Å². The number of hydrogen-bond donors (Lipinski definition) is 1. The molecule has 11 nitrogen and oxygen atoms in total. The SMILES string of the molecule is CC(CSC(=O)C(C)NC(=O)C1CCCCC1)C(=O)N1CCCC1C(=O)OCCCO[N+](=O)[O-]. The van der Waals surface area contributed by atoms with Crippen molar-refractivity contribution in [2.24, 2.45) is 11.8 Å². The quantitative estimate of drug-likeness (QED) is 0.184. The molecule has 1 saturated carbocycles. The van der Waals surface area contributed by atoms with Crippen molar-refractivity contribution in [3.63, 3.8) is 0 Å². The molecule has 0 radical (unpaired) electrons. The third-order valence-electron chi connectivity index (χ3n) is 6.12. The second-order valence-electron chi connectivity index (χ2n) is 8.86. The smallest absolute Gasteiger partial charge is 0.328 e. The van der Waals surface area contributed by atoms with Crippen LogP contribution in [0.4, 0.5) is 0 Å². The fourth-order valence-electron chi connectivity index (χ4n) is 4.18. The maximum atomic E-state index is 12.9. The molecule has 2 amide bonds. The van der Waals surface area contributed by atoms with Gasteiger partial charge in [-0.2, -0.15) is 0 Å². The molecule has 0 aromatic rings. The Morgan fingerprint density at radius 1 is 1.09 bits per heavy atom. The molecule has 1 heterocycles. The van der Waals surface area contributed by atoms with Crippen LogP contribution in [-0.4, -0.2) is 70.5 Å². The van der Waals surface area contributed by atoms with Crippen LogP contribution in [0, 0.1) is 22.0 Å². The Hall–Kier alpha value is -2.37. The summed E-state index contributed by atoms with van der Waals surface area (Å²) in [4.78, 5) is 65.9. The van der Waals surface area contributed by atoms with Crippen LogP contribution in [0.3, 0.4) is 0 Å². The minimum Gasteiger partial charge on any atom is -0.464 e. The molecule has 1 aliphatic heterocycles. The van der Waals surface area contributed by atoms with E-state index in [1.54, 1.807) is 13.8 Å². The first-order valence-electron chi connectivity index (χ1n) is 11.9. The number of thioether (sulfide) groups is 1. The summed E-state index contributed by atoms with van der Waals surface area (Å²) in [5, 5.41) is 11.8. The lowest BCUT2D eigenvalue weighted by atomic mass is 9.88. The average molecular weight is 502 g/mol. The van der Waals surface area contributed by atoms with E-state index in [2.05, 4.69) is 10.2 Å². The largest absolute Gasteiger partial charge is 0.464 e. The zero-order chi connectivity index (χ0) is 25.1. The number of carbonyl (C=O) groups is 4. The second-order valence-corrected chi connectivity index (χ2v) is 9.89. The fourth-order valence-corrected chi connectivity index (χ4v) is 5.05. The van der Waals surface area contributed by atoms with E-state index in [-0.39, 0.29) is 48.2 Å². The van der Waals surface area contributed by atoms with E-state index >= 15 is 0 Å². The van der Waals surface area contributed by atoms with Crippen LogP contribution < -0.4 is 5.32 Å². The highest BCUT2D eigenvalue weighted by molar-refractivity contribution is 8.13. The Labute approximate surface area is 203 Å². The molecule has 1 aliphatic carbocycles. The molecular formula is C22H35N3O8S. The van der Waals surface area contributed by atoms with Crippen LogP contribution in [0.25, 0.3) is 0 Å². The first kappa shape index (κ1) is 27.9. The summed E-state index contributed by atoms with van der Waals surface area (Å²) in [6, 6.07) is -1.32. The monoisotopic (exact) mass is 501 g/mol. The first-order chi connectivity index (χ1) is 16.2. The number of ether oxygens (including phenoxy) is 1. The number of nitrogens with zero attached hydrogens (tertiary/aromatic N) is 2. The molecule has 2 fully saturated rings. The van der Waals surface area contributed by atoms with Crippen molar-refractivity contribution < 1.29 is 33.8 Å². The molecule has 12 heteroatoms. The van der Waals surface area contributed by atoms with Crippen LogP contribution in [0.15, 0.2) is 0 Å². The van der Waals surface area contributed by atoms with Gasteiger partial charge in [0.25, 0.3) is 5.09 Å². The highest BCUT2D eigenvalue weighted by Crippen LogP contribution is 2.25. The van der Waals surface area contributed by atoms with Gasteiger partial charge in [-0.25, -0.2) is 4.79 Å². The van der Waals surface area contributed by atoms with Gasteiger partial charge in [-0.1, -0.05) is 37.9 Å². The van der Waals surface area contributed by atoms with Gasteiger partial charge in [0, 0.05) is 30.6 Å². The molecule has 34 heavy (non-hydrogen) atoms. The van der Waals surface area contributed by atoms with E-state index in [1.165, 1.54) is 4.90 Å². The van der Waals surface area contributed by atoms with Gasteiger partial charge >= 0.3 is 5.97 Å². The van der Waals surface area contributed by atoms with Crippen LogP contribution >= 0.6 is 11.8 Å². The molecule has 0 spiro atoms. The van der Waals surface area contributed by atoms with Gasteiger partial charge in [-0.05, 0) is 32.6 Å². The molecule has 1 N–H and O–H groups in total. The lowest BCUT2D eigenvalue weighted by Crippen LogP contribution is -2.44. The summed E-state index contributed by atoms with van der Waals surface area (Å²) in [5.74, 6) is -1.11. The fraction of sp³-hybridized carbons (Fsp3) is 0.818. The first-order valence-corrected chi connectivity index (χ1v) is 12.9. The number of amides is 2. The van der Waals surface area contributed by atoms with E-state index in [9.17, 15) is 29.3 Å². The lowest BCUT2D eigenvalue weighted by Gasteiger charge is -2.26.